The lowest BCUT2D eigenvalue weighted by Gasteiger charge is -2.03. The maximum atomic E-state index is 5.84. The molecule has 0 amide bonds. The molecule has 0 spiro atoms. The van der Waals surface area contributed by atoms with Crippen molar-refractivity contribution in [1.29, 1.82) is 0 Å². The lowest BCUT2D eigenvalue weighted by atomic mass is 10.2. The SMILES string of the molecule is C=CC[C@@H](N)c1ccc(Br)s1. The molecule has 1 rings (SSSR count). The summed E-state index contributed by atoms with van der Waals surface area (Å²) in [6, 6.07) is 4.18. The van der Waals surface area contributed by atoms with Crippen LogP contribution in [0.1, 0.15) is 17.3 Å². The molecule has 1 atom stereocenters. The molecule has 1 nitrogen and oxygen atoms in total. The van der Waals surface area contributed by atoms with Gasteiger partial charge in [0.05, 0.1) is 3.79 Å². The zero-order chi connectivity index (χ0) is 8.27. The minimum absolute atomic E-state index is 0.115. The van der Waals surface area contributed by atoms with E-state index in [0.717, 1.165) is 10.2 Å². The highest BCUT2D eigenvalue weighted by atomic mass is 79.9. The molecule has 1 heterocycles. The summed E-state index contributed by atoms with van der Waals surface area (Å²) < 4.78 is 1.13. The molecule has 0 bridgehead atoms. The van der Waals surface area contributed by atoms with Crippen molar-refractivity contribution in [2.75, 3.05) is 0 Å². The Labute approximate surface area is 79.0 Å². The number of nitrogens with two attached hydrogens (primary N) is 1. The Bertz CT molecular complexity index is 244. The highest BCUT2D eigenvalue weighted by Gasteiger charge is 2.05. The third-order valence-electron chi connectivity index (χ3n) is 1.38. The van der Waals surface area contributed by atoms with Crippen LogP contribution < -0.4 is 5.73 Å². The second kappa shape index (κ2) is 4.04. The second-order valence-electron chi connectivity index (χ2n) is 2.27. The van der Waals surface area contributed by atoms with Crippen LogP contribution in [0.2, 0.25) is 0 Å². The number of hydrogen-bond donors (Lipinski definition) is 1. The molecule has 60 valence electrons. The first-order valence-electron chi connectivity index (χ1n) is 3.35. The Balaban J connectivity index is 2.67. The van der Waals surface area contributed by atoms with Crippen molar-refractivity contribution in [3.63, 3.8) is 0 Å². The van der Waals surface area contributed by atoms with Crippen LogP contribution in [-0.2, 0) is 0 Å². The maximum absolute atomic E-state index is 5.84. The van der Waals surface area contributed by atoms with Crippen molar-refractivity contribution >= 4 is 27.3 Å². The fourth-order valence-electron chi connectivity index (χ4n) is 0.823. The number of halogens is 1. The summed E-state index contributed by atoms with van der Waals surface area (Å²) in [6.45, 7) is 3.65. The van der Waals surface area contributed by atoms with Crippen molar-refractivity contribution in [1.82, 2.24) is 0 Å². The van der Waals surface area contributed by atoms with Gasteiger partial charge in [-0.05, 0) is 34.5 Å². The molecule has 0 aliphatic heterocycles. The first-order valence-corrected chi connectivity index (χ1v) is 4.96. The average molecular weight is 232 g/mol. The van der Waals surface area contributed by atoms with Gasteiger partial charge in [-0.2, -0.15) is 0 Å². The van der Waals surface area contributed by atoms with E-state index in [-0.39, 0.29) is 6.04 Å². The van der Waals surface area contributed by atoms with E-state index in [1.165, 1.54) is 4.88 Å². The van der Waals surface area contributed by atoms with E-state index in [1.807, 2.05) is 18.2 Å². The molecule has 0 aliphatic carbocycles. The topological polar surface area (TPSA) is 26.0 Å². The van der Waals surface area contributed by atoms with Gasteiger partial charge >= 0.3 is 0 Å². The number of thiophene rings is 1. The van der Waals surface area contributed by atoms with Crippen molar-refractivity contribution in [2.24, 2.45) is 5.73 Å². The molecule has 1 aromatic heterocycles. The zero-order valence-electron chi connectivity index (χ0n) is 6.09. The van der Waals surface area contributed by atoms with Gasteiger partial charge in [0.2, 0.25) is 0 Å². The van der Waals surface area contributed by atoms with Crippen LogP contribution in [0.15, 0.2) is 28.6 Å². The van der Waals surface area contributed by atoms with Crippen LogP contribution in [0.25, 0.3) is 0 Å². The van der Waals surface area contributed by atoms with E-state index in [0.29, 0.717) is 0 Å². The molecular weight excluding hydrogens is 222 g/mol. The molecule has 1 aromatic rings. The van der Waals surface area contributed by atoms with Gasteiger partial charge in [-0.1, -0.05) is 6.08 Å². The quantitative estimate of drug-likeness (QED) is 0.796. The molecule has 0 saturated heterocycles. The summed E-state index contributed by atoms with van der Waals surface area (Å²) in [7, 11) is 0. The molecule has 0 fully saturated rings. The molecule has 3 heteroatoms. The first-order chi connectivity index (χ1) is 5.24. The largest absolute Gasteiger partial charge is 0.323 e. The van der Waals surface area contributed by atoms with Crippen molar-refractivity contribution in [2.45, 2.75) is 12.5 Å². The lowest BCUT2D eigenvalue weighted by molar-refractivity contribution is 0.758. The number of rotatable bonds is 3. The molecule has 0 aromatic carbocycles. The predicted molar refractivity (Wildman–Crippen MR) is 53.8 cm³/mol. The minimum atomic E-state index is 0.115. The van der Waals surface area contributed by atoms with Crippen LogP contribution in [0.3, 0.4) is 0 Å². The predicted octanol–water partition coefficient (Wildman–Crippen LogP) is 3.09. The Morgan fingerprint density at radius 3 is 2.91 bits per heavy atom. The van der Waals surface area contributed by atoms with Gasteiger partial charge in [-0.15, -0.1) is 17.9 Å². The van der Waals surface area contributed by atoms with Gasteiger partial charge in [0.25, 0.3) is 0 Å². The molecule has 0 aliphatic rings. The third-order valence-corrected chi connectivity index (χ3v) is 3.14. The third kappa shape index (κ3) is 2.43. The lowest BCUT2D eigenvalue weighted by Crippen LogP contribution is -2.06. The van der Waals surface area contributed by atoms with Gasteiger partial charge in [0.15, 0.2) is 0 Å². The van der Waals surface area contributed by atoms with Gasteiger partial charge in [0.1, 0.15) is 0 Å². The number of hydrogen-bond acceptors (Lipinski definition) is 2. The Hall–Kier alpha value is -0.120. The van der Waals surface area contributed by atoms with Crippen molar-refractivity contribution in [3.8, 4) is 0 Å². The van der Waals surface area contributed by atoms with Gasteiger partial charge < -0.3 is 5.73 Å². The van der Waals surface area contributed by atoms with Gasteiger partial charge in [0, 0.05) is 10.9 Å². The summed E-state index contributed by atoms with van der Waals surface area (Å²) in [5.74, 6) is 0. The van der Waals surface area contributed by atoms with Crippen LogP contribution >= 0.6 is 27.3 Å². The minimum Gasteiger partial charge on any atom is -0.323 e. The van der Waals surface area contributed by atoms with E-state index in [2.05, 4.69) is 22.5 Å². The van der Waals surface area contributed by atoms with E-state index in [9.17, 15) is 0 Å². The maximum Gasteiger partial charge on any atom is 0.0701 e. The van der Waals surface area contributed by atoms with E-state index in [1.54, 1.807) is 11.3 Å². The smallest absolute Gasteiger partial charge is 0.0701 e. The molecular formula is C8H10BrNS. The van der Waals surface area contributed by atoms with E-state index < -0.39 is 0 Å². The fraction of sp³-hybridized carbons (Fsp3) is 0.250. The van der Waals surface area contributed by atoms with E-state index >= 15 is 0 Å². The summed E-state index contributed by atoms with van der Waals surface area (Å²) in [5, 5.41) is 0. The second-order valence-corrected chi connectivity index (χ2v) is 4.77. The highest BCUT2D eigenvalue weighted by Crippen LogP contribution is 2.27. The standard InChI is InChI=1S/C8H10BrNS/c1-2-3-6(10)7-4-5-8(9)11-7/h2,4-6H,1,3,10H2/t6-/m1/s1. The normalized spacial score (nSPS) is 12.9. The zero-order valence-corrected chi connectivity index (χ0v) is 8.49. The van der Waals surface area contributed by atoms with Crippen molar-refractivity contribution < 1.29 is 0 Å². The summed E-state index contributed by atoms with van der Waals surface area (Å²) in [6.07, 6.45) is 2.69. The molecule has 2 N–H and O–H groups in total. The van der Waals surface area contributed by atoms with Crippen molar-refractivity contribution in [3.05, 3.63) is 33.5 Å². The molecule has 0 saturated carbocycles. The van der Waals surface area contributed by atoms with Gasteiger partial charge in [-0.3, -0.25) is 0 Å². The van der Waals surface area contributed by atoms with E-state index in [4.69, 9.17) is 5.73 Å². The van der Waals surface area contributed by atoms with Crippen LogP contribution in [0.5, 0.6) is 0 Å². The summed E-state index contributed by atoms with van der Waals surface area (Å²) >= 11 is 5.07. The van der Waals surface area contributed by atoms with Crippen LogP contribution in [0.4, 0.5) is 0 Å². The summed E-state index contributed by atoms with van der Waals surface area (Å²) in [5.41, 5.74) is 5.84. The monoisotopic (exact) mass is 231 g/mol. The molecule has 11 heavy (non-hydrogen) atoms. The summed E-state index contributed by atoms with van der Waals surface area (Å²) in [4.78, 5) is 1.21. The molecule has 0 radical (unpaired) electrons. The highest BCUT2D eigenvalue weighted by molar-refractivity contribution is 9.11. The Morgan fingerprint density at radius 1 is 1.73 bits per heavy atom. The fourth-order valence-corrected chi connectivity index (χ4v) is 2.26. The first kappa shape index (κ1) is 8.97. The molecule has 0 unspecified atom stereocenters. The van der Waals surface area contributed by atoms with Crippen LogP contribution in [0, 0.1) is 0 Å². The van der Waals surface area contributed by atoms with Gasteiger partial charge in [-0.25, -0.2) is 0 Å². The van der Waals surface area contributed by atoms with Crippen LogP contribution in [-0.4, -0.2) is 0 Å². The Morgan fingerprint density at radius 2 is 2.45 bits per heavy atom. The Kier molecular flexibility index (Phi) is 3.30. The average Bonchev–Trinajstić information content (AvgIpc) is 2.36.